The fourth-order valence-corrected chi connectivity index (χ4v) is 0.669. The van der Waals surface area contributed by atoms with E-state index in [1.165, 1.54) is 0 Å². The molecule has 50 valence electrons. The number of aliphatic hydroxyl groups excluding tert-OH is 1. The maximum absolute atomic E-state index is 8.55. The van der Waals surface area contributed by atoms with Crippen LogP contribution in [0.2, 0.25) is 0 Å². The Morgan fingerprint density at radius 3 is 3.11 bits per heavy atom. The summed E-state index contributed by atoms with van der Waals surface area (Å²) in [7, 11) is 0. The van der Waals surface area contributed by atoms with Crippen molar-refractivity contribution >= 4 is 5.71 Å². The van der Waals surface area contributed by atoms with Crippen molar-refractivity contribution in [2.24, 2.45) is 5.16 Å². The van der Waals surface area contributed by atoms with E-state index in [1.54, 1.807) is 6.08 Å². The summed E-state index contributed by atoms with van der Waals surface area (Å²) in [6.07, 6.45) is 2.17. The molecular weight excluding hydrogens is 118 g/mol. The van der Waals surface area contributed by atoms with Gasteiger partial charge in [-0.05, 0) is 6.08 Å². The summed E-state index contributed by atoms with van der Waals surface area (Å²) in [5.41, 5.74) is 0.814. The number of rotatable bonds is 2. The number of oxime groups is 1. The van der Waals surface area contributed by atoms with Crippen molar-refractivity contribution in [3.05, 3.63) is 12.7 Å². The van der Waals surface area contributed by atoms with E-state index in [4.69, 9.17) is 9.94 Å². The maximum Gasteiger partial charge on any atom is 0.156 e. The van der Waals surface area contributed by atoms with Gasteiger partial charge >= 0.3 is 0 Å². The molecule has 0 saturated heterocycles. The Kier molecular flexibility index (Phi) is 1.85. The van der Waals surface area contributed by atoms with Crippen molar-refractivity contribution in [2.45, 2.75) is 12.5 Å². The van der Waals surface area contributed by atoms with E-state index < -0.39 is 0 Å². The third-order valence-electron chi connectivity index (χ3n) is 1.20. The van der Waals surface area contributed by atoms with Crippen molar-refractivity contribution in [2.75, 3.05) is 6.61 Å². The molecule has 1 aliphatic heterocycles. The molecule has 0 unspecified atom stereocenters. The first-order valence-corrected chi connectivity index (χ1v) is 2.83. The largest absolute Gasteiger partial charge is 0.392 e. The van der Waals surface area contributed by atoms with E-state index >= 15 is 0 Å². The molecular formula is C6H9NO2. The molecule has 1 N–H and O–H groups in total. The Morgan fingerprint density at radius 2 is 2.78 bits per heavy atom. The normalized spacial score (nSPS) is 25.0. The Labute approximate surface area is 53.6 Å². The summed E-state index contributed by atoms with van der Waals surface area (Å²) in [4.78, 5) is 4.77. The summed E-state index contributed by atoms with van der Waals surface area (Å²) < 4.78 is 0. The molecule has 0 aromatic rings. The van der Waals surface area contributed by atoms with E-state index in [9.17, 15) is 0 Å². The van der Waals surface area contributed by atoms with Crippen LogP contribution < -0.4 is 0 Å². The maximum atomic E-state index is 8.55. The summed E-state index contributed by atoms with van der Waals surface area (Å²) in [5.74, 6) is 0. The molecule has 1 heterocycles. The number of allylic oxidation sites excluding steroid dienone is 1. The van der Waals surface area contributed by atoms with Gasteiger partial charge in [-0.3, -0.25) is 0 Å². The predicted molar refractivity (Wildman–Crippen MR) is 34.2 cm³/mol. The van der Waals surface area contributed by atoms with Gasteiger partial charge in [0.05, 0.1) is 12.3 Å². The molecule has 1 rings (SSSR count). The van der Waals surface area contributed by atoms with Gasteiger partial charge in [-0.15, -0.1) is 0 Å². The minimum atomic E-state index is -0.141. The molecule has 1 aliphatic rings. The number of nitrogens with zero attached hydrogens (tertiary/aromatic N) is 1. The highest BCUT2D eigenvalue weighted by atomic mass is 16.6. The fraction of sp³-hybridized carbons (Fsp3) is 0.500. The third kappa shape index (κ3) is 1.29. The second-order valence-corrected chi connectivity index (χ2v) is 1.90. The first-order chi connectivity index (χ1) is 4.36. The van der Waals surface area contributed by atoms with Crippen LogP contribution in [0.15, 0.2) is 17.8 Å². The van der Waals surface area contributed by atoms with Gasteiger partial charge in [0, 0.05) is 6.42 Å². The van der Waals surface area contributed by atoms with Crippen molar-refractivity contribution in [1.82, 2.24) is 0 Å². The van der Waals surface area contributed by atoms with Crippen molar-refractivity contribution < 1.29 is 9.94 Å². The lowest BCUT2D eigenvalue weighted by molar-refractivity contribution is 0.0390. The standard InChI is InChI=1S/C6H9NO2/c1-2-5-3-6(4-8)9-7-5/h2,6,8H,1,3-4H2/t6-/m0/s1. The van der Waals surface area contributed by atoms with Gasteiger partial charge in [0.2, 0.25) is 0 Å². The predicted octanol–water partition coefficient (Wildman–Crippen LogP) is 0.310. The van der Waals surface area contributed by atoms with Crippen LogP contribution in [0, 0.1) is 0 Å². The van der Waals surface area contributed by atoms with E-state index in [0.29, 0.717) is 6.42 Å². The molecule has 0 bridgehead atoms. The molecule has 0 aromatic carbocycles. The molecule has 0 saturated carbocycles. The summed E-state index contributed by atoms with van der Waals surface area (Å²) in [6.45, 7) is 3.55. The van der Waals surface area contributed by atoms with Crippen LogP contribution in [0.5, 0.6) is 0 Å². The van der Waals surface area contributed by atoms with Gasteiger partial charge in [0.15, 0.2) is 6.10 Å². The number of hydrogen-bond donors (Lipinski definition) is 1. The zero-order valence-corrected chi connectivity index (χ0v) is 5.08. The average molecular weight is 127 g/mol. The van der Waals surface area contributed by atoms with E-state index in [1.807, 2.05) is 0 Å². The average Bonchev–Trinajstić information content (AvgIpc) is 2.34. The van der Waals surface area contributed by atoms with Gasteiger partial charge in [0.1, 0.15) is 0 Å². The molecule has 0 amide bonds. The van der Waals surface area contributed by atoms with E-state index in [2.05, 4.69) is 11.7 Å². The van der Waals surface area contributed by atoms with Crippen LogP contribution in [0.25, 0.3) is 0 Å². The van der Waals surface area contributed by atoms with Gasteiger partial charge in [0.25, 0.3) is 0 Å². The highest BCUT2D eigenvalue weighted by Crippen LogP contribution is 2.09. The smallest absolute Gasteiger partial charge is 0.156 e. The van der Waals surface area contributed by atoms with Crippen LogP contribution in [-0.2, 0) is 4.84 Å². The summed E-state index contributed by atoms with van der Waals surface area (Å²) in [6, 6.07) is 0. The second-order valence-electron chi connectivity index (χ2n) is 1.90. The Morgan fingerprint density at radius 1 is 2.00 bits per heavy atom. The monoisotopic (exact) mass is 127 g/mol. The van der Waals surface area contributed by atoms with E-state index in [0.717, 1.165) is 5.71 Å². The first kappa shape index (κ1) is 6.29. The highest BCUT2D eigenvalue weighted by molar-refractivity contribution is 5.95. The van der Waals surface area contributed by atoms with Gasteiger partial charge in [-0.25, -0.2) is 0 Å². The summed E-state index contributed by atoms with van der Waals surface area (Å²) in [5, 5.41) is 12.2. The SMILES string of the molecule is C=CC1=NO[C@H](CO)C1. The second kappa shape index (κ2) is 2.64. The molecule has 9 heavy (non-hydrogen) atoms. The van der Waals surface area contributed by atoms with E-state index in [-0.39, 0.29) is 12.7 Å². The van der Waals surface area contributed by atoms with Crippen molar-refractivity contribution in [3.63, 3.8) is 0 Å². The van der Waals surface area contributed by atoms with Gasteiger partial charge in [-0.1, -0.05) is 11.7 Å². The molecule has 0 aromatic heterocycles. The minimum absolute atomic E-state index is 0.0286. The van der Waals surface area contributed by atoms with Crippen LogP contribution >= 0.6 is 0 Å². The number of hydrogen-bond acceptors (Lipinski definition) is 3. The van der Waals surface area contributed by atoms with Crippen LogP contribution in [0.3, 0.4) is 0 Å². The Bertz CT molecular complexity index is 142. The zero-order chi connectivity index (χ0) is 6.69. The molecule has 0 spiro atoms. The Hall–Kier alpha value is -0.830. The lowest BCUT2D eigenvalue weighted by Crippen LogP contribution is -2.11. The molecule has 3 nitrogen and oxygen atoms in total. The topological polar surface area (TPSA) is 41.8 Å². The van der Waals surface area contributed by atoms with Crippen LogP contribution in [0.1, 0.15) is 6.42 Å². The lowest BCUT2D eigenvalue weighted by atomic mass is 10.2. The van der Waals surface area contributed by atoms with Crippen molar-refractivity contribution in [3.8, 4) is 0 Å². The minimum Gasteiger partial charge on any atom is -0.392 e. The molecule has 0 radical (unpaired) electrons. The highest BCUT2D eigenvalue weighted by Gasteiger charge is 2.16. The first-order valence-electron chi connectivity index (χ1n) is 2.83. The van der Waals surface area contributed by atoms with Gasteiger partial charge in [-0.2, -0.15) is 0 Å². The van der Waals surface area contributed by atoms with Gasteiger partial charge < -0.3 is 9.94 Å². The molecule has 3 heteroatoms. The summed E-state index contributed by atoms with van der Waals surface area (Å²) >= 11 is 0. The molecule has 1 atom stereocenters. The molecule has 0 fully saturated rings. The quantitative estimate of drug-likeness (QED) is 0.580. The fourth-order valence-electron chi connectivity index (χ4n) is 0.669. The Balaban J connectivity index is 2.39. The number of aliphatic hydroxyl groups is 1. The zero-order valence-electron chi connectivity index (χ0n) is 5.08. The molecule has 0 aliphatic carbocycles. The van der Waals surface area contributed by atoms with Crippen LogP contribution in [-0.4, -0.2) is 23.5 Å². The van der Waals surface area contributed by atoms with Crippen LogP contribution in [0.4, 0.5) is 0 Å². The van der Waals surface area contributed by atoms with Crippen molar-refractivity contribution in [1.29, 1.82) is 0 Å². The lowest BCUT2D eigenvalue weighted by Gasteiger charge is -1.99. The third-order valence-corrected chi connectivity index (χ3v) is 1.20.